The molecular formula is C16H18N4O3S2. The van der Waals surface area contributed by atoms with Crippen LogP contribution in [0.15, 0.2) is 34.4 Å². The maximum absolute atomic E-state index is 12.2. The number of hydrazone groups is 1. The summed E-state index contributed by atoms with van der Waals surface area (Å²) in [6, 6.07) is 7.33. The van der Waals surface area contributed by atoms with E-state index in [4.69, 9.17) is 4.74 Å². The van der Waals surface area contributed by atoms with Crippen LogP contribution in [0.4, 0.5) is 5.69 Å². The van der Waals surface area contributed by atoms with Gasteiger partial charge in [0.15, 0.2) is 9.54 Å². The van der Waals surface area contributed by atoms with Crippen LogP contribution in [-0.4, -0.2) is 45.3 Å². The van der Waals surface area contributed by atoms with Crippen molar-refractivity contribution < 1.29 is 14.3 Å². The molecule has 0 unspecified atom stereocenters. The van der Waals surface area contributed by atoms with E-state index >= 15 is 0 Å². The maximum Gasteiger partial charge on any atom is 0.248 e. The van der Waals surface area contributed by atoms with Gasteiger partial charge in [0.05, 0.1) is 18.0 Å². The van der Waals surface area contributed by atoms with Crippen LogP contribution in [0.5, 0.6) is 5.75 Å². The lowest BCUT2D eigenvalue weighted by Gasteiger charge is -2.10. The van der Waals surface area contributed by atoms with Gasteiger partial charge in [-0.1, -0.05) is 23.9 Å². The normalized spacial score (nSPS) is 16.7. The molecule has 1 aromatic carbocycles. The molecule has 1 aromatic rings. The minimum Gasteiger partial charge on any atom is -0.492 e. The average molecular weight is 378 g/mol. The third kappa shape index (κ3) is 4.76. The SMILES string of the molecule is CCOc1ccccc1NC(=O)CSC1=NN2CCCC(=O)N=C2S1. The Morgan fingerprint density at radius 3 is 3.12 bits per heavy atom. The van der Waals surface area contributed by atoms with Crippen LogP contribution < -0.4 is 10.1 Å². The Morgan fingerprint density at radius 2 is 2.28 bits per heavy atom. The Hall–Kier alpha value is -2.00. The van der Waals surface area contributed by atoms with E-state index in [1.165, 1.54) is 23.5 Å². The van der Waals surface area contributed by atoms with E-state index in [1.807, 2.05) is 25.1 Å². The van der Waals surface area contributed by atoms with E-state index in [0.717, 1.165) is 10.8 Å². The quantitative estimate of drug-likeness (QED) is 0.848. The molecule has 7 nitrogen and oxygen atoms in total. The number of nitrogens with one attached hydrogen (secondary N) is 1. The highest BCUT2D eigenvalue weighted by Crippen LogP contribution is 2.30. The number of hydrogen-bond donors (Lipinski definition) is 1. The van der Waals surface area contributed by atoms with E-state index < -0.39 is 0 Å². The van der Waals surface area contributed by atoms with Crippen molar-refractivity contribution in [3.8, 4) is 5.75 Å². The summed E-state index contributed by atoms with van der Waals surface area (Å²) in [7, 11) is 0. The number of thioether (sulfide) groups is 2. The highest BCUT2D eigenvalue weighted by Gasteiger charge is 2.27. The maximum atomic E-state index is 12.2. The predicted molar refractivity (Wildman–Crippen MR) is 102 cm³/mol. The summed E-state index contributed by atoms with van der Waals surface area (Å²) in [6.07, 6.45) is 1.20. The fraction of sp³-hybridized carbons (Fsp3) is 0.375. The van der Waals surface area contributed by atoms with Crippen LogP contribution in [0.2, 0.25) is 0 Å². The van der Waals surface area contributed by atoms with Gasteiger partial charge in [-0.2, -0.15) is 10.1 Å². The van der Waals surface area contributed by atoms with Crippen molar-refractivity contribution in [3.05, 3.63) is 24.3 Å². The topological polar surface area (TPSA) is 83.4 Å². The molecule has 0 atom stereocenters. The van der Waals surface area contributed by atoms with E-state index in [9.17, 15) is 9.59 Å². The second kappa shape index (κ2) is 8.39. The van der Waals surface area contributed by atoms with E-state index in [0.29, 0.717) is 36.2 Å². The fourth-order valence-corrected chi connectivity index (χ4v) is 4.08. The summed E-state index contributed by atoms with van der Waals surface area (Å²) in [5, 5.41) is 9.61. The lowest BCUT2D eigenvalue weighted by Crippen LogP contribution is -2.18. The predicted octanol–water partition coefficient (Wildman–Crippen LogP) is 2.75. The van der Waals surface area contributed by atoms with Crippen LogP contribution in [0.3, 0.4) is 0 Å². The first kappa shape index (κ1) is 17.8. The molecule has 2 amide bonds. The van der Waals surface area contributed by atoms with Gasteiger partial charge in [0.1, 0.15) is 5.75 Å². The van der Waals surface area contributed by atoms with Gasteiger partial charge in [-0.05, 0) is 37.2 Å². The number of carbonyl (C=O) groups excluding carboxylic acids is 2. The number of benzene rings is 1. The van der Waals surface area contributed by atoms with Crippen molar-refractivity contribution in [2.24, 2.45) is 10.1 Å². The zero-order valence-corrected chi connectivity index (χ0v) is 15.4. The molecule has 2 heterocycles. The van der Waals surface area contributed by atoms with Crippen LogP contribution in [0.25, 0.3) is 0 Å². The van der Waals surface area contributed by atoms with Crippen LogP contribution in [-0.2, 0) is 9.59 Å². The van der Waals surface area contributed by atoms with Gasteiger partial charge < -0.3 is 10.1 Å². The molecule has 0 aliphatic carbocycles. The molecule has 2 aliphatic heterocycles. The molecule has 0 spiro atoms. The molecule has 0 aromatic heterocycles. The molecule has 0 saturated carbocycles. The smallest absolute Gasteiger partial charge is 0.248 e. The molecule has 0 saturated heterocycles. The summed E-state index contributed by atoms with van der Waals surface area (Å²) >= 11 is 2.67. The first-order valence-corrected chi connectivity index (χ1v) is 9.76. The van der Waals surface area contributed by atoms with Crippen molar-refractivity contribution in [2.45, 2.75) is 19.8 Å². The van der Waals surface area contributed by atoms with Gasteiger partial charge in [0.25, 0.3) is 0 Å². The number of amides is 2. The largest absolute Gasteiger partial charge is 0.492 e. The Kier molecular flexibility index (Phi) is 5.98. The third-order valence-electron chi connectivity index (χ3n) is 3.37. The number of fused-ring (bicyclic) bond motifs is 1. The number of ether oxygens (including phenoxy) is 1. The number of rotatable bonds is 5. The lowest BCUT2D eigenvalue weighted by atomic mass is 10.3. The minimum absolute atomic E-state index is 0.114. The number of aliphatic imine (C=N–C) groups is 1. The van der Waals surface area contributed by atoms with Crippen LogP contribution in [0.1, 0.15) is 19.8 Å². The number of para-hydroxylation sites is 2. The first-order chi connectivity index (χ1) is 12.2. The molecule has 0 fully saturated rings. The molecule has 2 aliphatic rings. The lowest BCUT2D eigenvalue weighted by molar-refractivity contribution is -0.117. The van der Waals surface area contributed by atoms with Gasteiger partial charge in [-0.3, -0.25) is 9.59 Å². The molecule has 25 heavy (non-hydrogen) atoms. The molecule has 1 N–H and O–H groups in total. The standard InChI is InChI=1S/C16H18N4O3S2/c1-2-23-12-7-4-3-6-11(12)17-14(22)10-24-16-19-20-9-5-8-13(21)18-15(20)25-16/h3-4,6-7H,2,5,8-10H2,1H3,(H,17,22). The van der Waals surface area contributed by atoms with Crippen LogP contribution >= 0.6 is 23.5 Å². The first-order valence-electron chi connectivity index (χ1n) is 7.95. The monoisotopic (exact) mass is 378 g/mol. The van der Waals surface area contributed by atoms with Crippen LogP contribution in [0, 0.1) is 0 Å². The van der Waals surface area contributed by atoms with Crippen molar-refractivity contribution in [1.29, 1.82) is 0 Å². The number of carbonyl (C=O) groups is 2. The summed E-state index contributed by atoms with van der Waals surface area (Å²) < 4.78 is 6.22. The summed E-state index contributed by atoms with van der Waals surface area (Å²) in [5.41, 5.74) is 0.653. The molecule has 3 rings (SSSR count). The molecular weight excluding hydrogens is 360 g/mol. The number of amidine groups is 1. The van der Waals surface area contributed by atoms with E-state index in [2.05, 4.69) is 15.4 Å². The van der Waals surface area contributed by atoms with Gasteiger partial charge >= 0.3 is 0 Å². The Bertz CT molecular complexity index is 736. The van der Waals surface area contributed by atoms with E-state index in [-0.39, 0.29) is 17.6 Å². The number of hydrogen-bond acceptors (Lipinski definition) is 7. The fourth-order valence-electron chi connectivity index (χ4n) is 2.28. The number of anilines is 1. The zero-order chi connectivity index (χ0) is 17.6. The Morgan fingerprint density at radius 1 is 1.44 bits per heavy atom. The highest BCUT2D eigenvalue weighted by molar-refractivity contribution is 8.45. The molecule has 0 radical (unpaired) electrons. The van der Waals surface area contributed by atoms with Crippen molar-refractivity contribution in [1.82, 2.24) is 5.01 Å². The van der Waals surface area contributed by atoms with Gasteiger partial charge in [0.2, 0.25) is 11.8 Å². The highest BCUT2D eigenvalue weighted by atomic mass is 32.2. The third-order valence-corrected chi connectivity index (χ3v) is 5.45. The van der Waals surface area contributed by atoms with E-state index in [1.54, 1.807) is 11.1 Å². The number of nitrogens with zero attached hydrogens (tertiary/aromatic N) is 3. The summed E-state index contributed by atoms with van der Waals surface area (Å²) in [5.74, 6) is 0.621. The minimum atomic E-state index is -0.138. The average Bonchev–Trinajstić information content (AvgIpc) is 2.88. The van der Waals surface area contributed by atoms with Crippen molar-refractivity contribution >= 4 is 50.6 Å². The second-order valence-electron chi connectivity index (χ2n) is 5.25. The van der Waals surface area contributed by atoms with Crippen molar-refractivity contribution in [2.75, 3.05) is 24.2 Å². The summed E-state index contributed by atoms with van der Waals surface area (Å²) in [4.78, 5) is 27.8. The van der Waals surface area contributed by atoms with Crippen molar-refractivity contribution in [3.63, 3.8) is 0 Å². The molecule has 9 heteroatoms. The zero-order valence-electron chi connectivity index (χ0n) is 13.7. The Balaban J connectivity index is 1.54. The molecule has 132 valence electrons. The molecule has 0 bridgehead atoms. The van der Waals surface area contributed by atoms with Gasteiger partial charge in [-0.15, -0.1) is 0 Å². The summed E-state index contributed by atoms with van der Waals surface area (Å²) in [6.45, 7) is 3.11. The van der Waals surface area contributed by atoms with Gasteiger partial charge in [-0.25, -0.2) is 5.01 Å². The van der Waals surface area contributed by atoms with Gasteiger partial charge in [0, 0.05) is 13.0 Å². The second-order valence-corrected chi connectivity index (χ2v) is 7.43. The Labute approximate surface area is 154 Å².